The van der Waals surface area contributed by atoms with Crippen LogP contribution < -0.4 is 0 Å². The van der Waals surface area contributed by atoms with Crippen LogP contribution in [-0.4, -0.2) is 5.78 Å². The van der Waals surface area contributed by atoms with Crippen LogP contribution in [-0.2, 0) is 12.8 Å². The summed E-state index contributed by atoms with van der Waals surface area (Å²) in [5, 5.41) is 4.34. The molecule has 98 valence electrons. The van der Waals surface area contributed by atoms with Gasteiger partial charge in [0.15, 0.2) is 0 Å². The van der Waals surface area contributed by atoms with E-state index in [1.54, 1.807) is 0 Å². The topological polar surface area (TPSA) is 17.1 Å². The van der Waals surface area contributed by atoms with E-state index in [9.17, 15) is 4.79 Å². The van der Waals surface area contributed by atoms with E-state index < -0.39 is 0 Å². The van der Waals surface area contributed by atoms with Crippen molar-refractivity contribution in [2.75, 3.05) is 0 Å². The van der Waals surface area contributed by atoms with Crippen molar-refractivity contribution in [3.63, 3.8) is 0 Å². The van der Waals surface area contributed by atoms with Gasteiger partial charge in [-0.3, -0.25) is 4.79 Å². The summed E-state index contributed by atoms with van der Waals surface area (Å²) < 4.78 is 0.885. The molecule has 0 bridgehead atoms. The number of benzene rings is 2. The van der Waals surface area contributed by atoms with Crippen LogP contribution in [0.1, 0.15) is 26.4 Å². The van der Waals surface area contributed by atoms with E-state index in [1.165, 1.54) is 27.8 Å². The van der Waals surface area contributed by atoms with Gasteiger partial charge in [-0.25, -0.2) is 0 Å². The van der Waals surface area contributed by atoms with Crippen LogP contribution in [0.15, 0.2) is 46.3 Å². The fraction of sp³-hybridized carbons (Fsp3) is 0.118. The number of halogens is 1. The number of aryl methyl sites for hydroxylation is 2. The van der Waals surface area contributed by atoms with Gasteiger partial charge in [0.2, 0.25) is 5.78 Å². The fourth-order valence-corrected chi connectivity index (χ4v) is 4.53. The molecule has 3 aromatic rings. The lowest BCUT2D eigenvalue weighted by Gasteiger charge is -2.07. The Labute approximate surface area is 129 Å². The lowest BCUT2D eigenvalue weighted by atomic mass is 9.97. The second-order valence-electron chi connectivity index (χ2n) is 5.04. The molecule has 0 fully saturated rings. The standard InChI is InChI=1S/C17H11BrOS/c18-14-8-9-20-17(14)16(19)13-7-6-11-5-4-10-2-1-3-12(13)15(10)11/h1-3,6-9H,4-5H2. The van der Waals surface area contributed by atoms with Gasteiger partial charge in [0.25, 0.3) is 0 Å². The predicted octanol–water partition coefficient (Wildman–Crippen LogP) is 4.99. The van der Waals surface area contributed by atoms with Gasteiger partial charge in [0, 0.05) is 10.0 Å². The lowest BCUT2D eigenvalue weighted by molar-refractivity contribution is 0.104. The van der Waals surface area contributed by atoms with Crippen LogP contribution in [0.5, 0.6) is 0 Å². The van der Waals surface area contributed by atoms with Crippen molar-refractivity contribution < 1.29 is 4.79 Å². The predicted molar refractivity (Wildman–Crippen MR) is 86.8 cm³/mol. The molecule has 0 radical (unpaired) electrons. The van der Waals surface area contributed by atoms with Crippen LogP contribution in [0.2, 0.25) is 0 Å². The quantitative estimate of drug-likeness (QED) is 0.599. The zero-order chi connectivity index (χ0) is 13.7. The van der Waals surface area contributed by atoms with E-state index in [0.717, 1.165) is 33.1 Å². The fourth-order valence-electron chi connectivity index (χ4n) is 3.02. The molecular formula is C17H11BrOS. The van der Waals surface area contributed by atoms with Crippen molar-refractivity contribution >= 4 is 43.8 Å². The van der Waals surface area contributed by atoms with Crippen molar-refractivity contribution in [3.05, 3.63) is 67.8 Å². The zero-order valence-corrected chi connectivity index (χ0v) is 13.1. The molecule has 3 heteroatoms. The summed E-state index contributed by atoms with van der Waals surface area (Å²) >= 11 is 4.95. The minimum absolute atomic E-state index is 0.113. The highest BCUT2D eigenvalue weighted by atomic mass is 79.9. The van der Waals surface area contributed by atoms with Gasteiger partial charge in [0.1, 0.15) is 0 Å². The minimum Gasteiger partial charge on any atom is -0.288 e. The van der Waals surface area contributed by atoms with Crippen LogP contribution in [0, 0.1) is 0 Å². The van der Waals surface area contributed by atoms with E-state index >= 15 is 0 Å². The highest BCUT2D eigenvalue weighted by Gasteiger charge is 2.21. The van der Waals surface area contributed by atoms with Gasteiger partial charge in [-0.1, -0.05) is 30.3 Å². The highest BCUT2D eigenvalue weighted by molar-refractivity contribution is 9.10. The Morgan fingerprint density at radius 1 is 1.05 bits per heavy atom. The maximum absolute atomic E-state index is 12.8. The second kappa shape index (κ2) is 4.54. The summed E-state index contributed by atoms with van der Waals surface area (Å²) in [7, 11) is 0. The van der Waals surface area contributed by atoms with E-state index in [0.29, 0.717) is 0 Å². The molecule has 0 atom stereocenters. The van der Waals surface area contributed by atoms with Gasteiger partial charge >= 0.3 is 0 Å². The number of ketones is 1. The Morgan fingerprint density at radius 3 is 2.60 bits per heavy atom. The Kier molecular flexibility index (Phi) is 2.79. The Morgan fingerprint density at radius 2 is 1.85 bits per heavy atom. The first-order valence-electron chi connectivity index (χ1n) is 6.57. The smallest absolute Gasteiger partial charge is 0.204 e. The number of carbonyl (C=O) groups is 1. The van der Waals surface area contributed by atoms with Gasteiger partial charge in [0.05, 0.1) is 4.88 Å². The molecule has 0 aliphatic heterocycles. The third-order valence-corrected chi connectivity index (χ3v) is 5.78. The summed E-state index contributed by atoms with van der Waals surface area (Å²) in [5.41, 5.74) is 3.56. The Bertz CT molecular complexity index is 837. The molecule has 4 rings (SSSR count). The van der Waals surface area contributed by atoms with Gasteiger partial charge in [-0.2, -0.15) is 0 Å². The first-order chi connectivity index (χ1) is 9.75. The molecule has 1 aliphatic carbocycles. The molecule has 0 unspecified atom stereocenters. The van der Waals surface area contributed by atoms with Crippen LogP contribution in [0.4, 0.5) is 0 Å². The van der Waals surface area contributed by atoms with Crippen molar-refractivity contribution in [1.29, 1.82) is 0 Å². The van der Waals surface area contributed by atoms with E-state index in [2.05, 4.69) is 40.2 Å². The summed E-state index contributed by atoms with van der Waals surface area (Å²) in [6, 6.07) is 12.3. The maximum atomic E-state index is 12.8. The molecule has 0 amide bonds. The molecule has 0 saturated carbocycles. The molecule has 2 aromatic carbocycles. The number of hydrogen-bond acceptors (Lipinski definition) is 2. The summed E-state index contributed by atoms with van der Waals surface area (Å²) in [5.74, 6) is 0.113. The van der Waals surface area contributed by atoms with Crippen molar-refractivity contribution in [2.24, 2.45) is 0 Å². The van der Waals surface area contributed by atoms with Crippen molar-refractivity contribution in [3.8, 4) is 0 Å². The minimum atomic E-state index is 0.113. The molecule has 1 aliphatic rings. The molecule has 1 aromatic heterocycles. The average Bonchev–Trinajstić information content (AvgIpc) is 3.07. The Balaban J connectivity index is 1.98. The molecule has 20 heavy (non-hydrogen) atoms. The summed E-state index contributed by atoms with van der Waals surface area (Å²) in [6.45, 7) is 0. The van der Waals surface area contributed by atoms with Crippen LogP contribution in [0.25, 0.3) is 10.8 Å². The molecule has 0 saturated heterocycles. The molecule has 0 spiro atoms. The largest absolute Gasteiger partial charge is 0.288 e. The van der Waals surface area contributed by atoms with Gasteiger partial charge in [-0.05, 0) is 62.1 Å². The molecular weight excluding hydrogens is 332 g/mol. The first kappa shape index (κ1) is 12.3. The number of rotatable bonds is 2. The lowest BCUT2D eigenvalue weighted by Crippen LogP contribution is -2.01. The Hall–Kier alpha value is -1.45. The van der Waals surface area contributed by atoms with Crippen LogP contribution >= 0.6 is 27.3 Å². The van der Waals surface area contributed by atoms with Gasteiger partial charge in [-0.15, -0.1) is 11.3 Å². The number of thiophene rings is 1. The number of hydrogen-bond donors (Lipinski definition) is 0. The average molecular weight is 343 g/mol. The van der Waals surface area contributed by atoms with Crippen molar-refractivity contribution in [1.82, 2.24) is 0 Å². The normalized spacial score (nSPS) is 13.1. The second-order valence-corrected chi connectivity index (χ2v) is 6.81. The SMILES string of the molecule is O=C(c1sccc1Br)c1ccc2c3c(cccc13)CC2. The molecule has 1 nitrogen and oxygen atoms in total. The monoisotopic (exact) mass is 342 g/mol. The highest BCUT2D eigenvalue weighted by Crippen LogP contribution is 2.35. The van der Waals surface area contributed by atoms with E-state index in [4.69, 9.17) is 0 Å². The van der Waals surface area contributed by atoms with E-state index in [-0.39, 0.29) is 5.78 Å². The third kappa shape index (κ3) is 1.70. The summed E-state index contributed by atoms with van der Waals surface area (Å²) in [4.78, 5) is 13.5. The van der Waals surface area contributed by atoms with Crippen molar-refractivity contribution in [2.45, 2.75) is 12.8 Å². The maximum Gasteiger partial charge on any atom is 0.204 e. The molecule has 0 N–H and O–H groups in total. The molecule has 1 heterocycles. The third-order valence-electron chi connectivity index (χ3n) is 3.94. The zero-order valence-electron chi connectivity index (χ0n) is 10.7. The van der Waals surface area contributed by atoms with E-state index in [1.807, 2.05) is 17.5 Å². The van der Waals surface area contributed by atoms with Crippen LogP contribution in [0.3, 0.4) is 0 Å². The number of carbonyl (C=O) groups excluding carboxylic acids is 1. The van der Waals surface area contributed by atoms with Gasteiger partial charge < -0.3 is 0 Å². The summed E-state index contributed by atoms with van der Waals surface area (Å²) in [6.07, 6.45) is 2.18. The first-order valence-corrected chi connectivity index (χ1v) is 8.24.